The van der Waals surface area contributed by atoms with E-state index in [2.05, 4.69) is 21.3 Å². The van der Waals surface area contributed by atoms with Crippen LogP contribution in [0.25, 0.3) is 0 Å². The van der Waals surface area contributed by atoms with Crippen LogP contribution in [0.5, 0.6) is 0 Å². The maximum absolute atomic E-state index is 14.2. The summed E-state index contributed by atoms with van der Waals surface area (Å²) < 4.78 is 0. The van der Waals surface area contributed by atoms with Gasteiger partial charge in [-0.1, -0.05) is 0 Å². The average Bonchev–Trinajstić information content (AvgIpc) is 0.852. The number of carboxylic acids is 9. The second kappa shape index (κ2) is 50.8. The summed E-state index contributed by atoms with van der Waals surface area (Å²) in [4.78, 5) is 229. The van der Waals surface area contributed by atoms with Crippen LogP contribution in [-0.2, 0) is 76.7 Å². The minimum absolute atomic E-state index is 0.0788. The molecule has 0 bridgehead atoms. The number of amides is 7. The Bertz CT molecular complexity index is 2720. The van der Waals surface area contributed by atoms with E-state index in [9.17, 15) is 123 Å². The Kier molecular flexibility index (Phi) is 44.0. The predicted molar refractivity (Wildman–Crippen MR) is 392 cm³/mol. The third-order valence-corrected chi connectivity index (χ3v) is 18.6. The van der Waals surface area contributed by atoms with E-state index in [1.165, 1.54) is 21.1 Å². The number of aliphatic carboxylic acids is 9. The molecule has 0 unspecified atom stereocenters. The SMILES string of the molecule is CN(C)CC(=O)NCC(CNC(=O)CN(C)C(=O)CN1CCN(CC(=O)O)CCN(CC(=O)O)CCN(CC(=O)O)CC1)(CNC(=O)CN(C)C(=O)CN1CCN(CC(=O)O)CCN(CC(=O)O)CCN(CC(=O)O)CC1)CNC(=O)CN(C)C(=O)CN1CCN(CC(=O)O)CCN(CC(=O)O)CCN(CC(=O)O)CC1. The van der Waals surface area contributed by atoms with Crippen molar-refractivity contribution >= 4 is 95.1 Å². The molecule has 45 nitrogen and oxygen atoms in total. The molecule has 111 heavy (non-hydrogen) atoms. The molecule has 0 spiro atoms. The first-order chi connectivity index (χ1) is 52.2. The van der Waals surface area contributed by atoms with E-state index < -0.39 is 186 Å². The van der Waals surface area contributed by atoms with Gasteiger partial charge in [0.25, 0.3) is 0 Å². The smallest absolute Gasteiger partial charge is 0.317 e. The molecule has 3 rings (SSSR count). The summed E-state index contributed by atoms with van der Waals surface area (Å²) in [6.07, 6.45) is 0. The topological polar surface area (TPSA) is 555 Å². The van der Waals surface area contributed by atoms with E-state index in [0.717, 1.165) is 14.7 Å². The summed E-state index contributed by atoms with van der Waals surface area (Å²) in [5.74, 6) is -15.1. The molecular formula is C66H116N20O25. The van der Waals surface area contributed by atoms with Crippen LogP contribution in [0.15, 0.2) is 0 Å². The highest BCUT2D eigenvalue weighted by Crippen LogP contribution is 2.15. The zero-order chi connectivity index (χ0) is 82.9. The molecule has 0 saturated carbocycles. The predicted octanol–water partition coefficient (Wildman–Crippen LogP) is -11.2. The Balaban J connectivity index is 2.00. The van der Waals surface area contributed by atoms with Crippen molar-refractivity contribution in [3.05, 3.63) is 0 Å². The fourth-order valence-corrected chi connectivity index (χ4v) is 12.2. The lowest BCUT2D eigenvalue weighted by Gasteiger charge is -2.36. The van der Waals surface area contributed by atoms with Crippen LogP contribution >= 0.6 is 0 Å². The van der Waals surface area contributed by atoms with Gasteiger partial charge in [-0.3, -0.25) is 136 Å². The number of rotatable bonds is 40. The van der Waals surface area contributed by atoms with Crippen molar-refractivity contribution in [3.8, 4) is 0 Å². The van der Waals surface area contributed by atoms with Gasteiger partial charge >= 0.3 is 53.7 Å². The first kappa shape index (κ1) is 96.2. The zero-order valence-corrected chi connectivity index (χ0v) is 64.3. The van der Waals surface area contributed by atoms with Gasteiger partial charge < -0.3 is 86.8 Å². The van der Waals surface area contributed by atoms with Crippen molar-refractivity contribution in [3.63, 3.8) is 0 Å². The molecule has 0 aromatic rings. The largest absolute Gasteiger partial charge is 0.480 e. The van der Waals surface area contributed by atoms with Crippen molar-refractivity contribution in [1.82, 2.24) is 99.7 Å². The number of carboxylic acid groups (broad SMARTS) is 9. The number of hydrogen-bond donors (Lipinski definition) is 13. The van der Waals surface area contributed by atoms with E-state index >= 15 is 0 Å². The van der Waals surface area contributed by atoms with E-state index in [1.54, 1.807) is 77.8 Å². The normalized spacial score (nSPS) is 17.8. The molecule has 3 saturated heterocycles. The molecule has 0 aliphatic carbocycles. The van der Waals surface area contributed by atoms with Crippen LogP contribution in [0.3, 0.4) is 0 Å². The van der Waals surface area contributed by atoms with Crippen molar-refractivity contribution < 1.29 is 123 Å². The van der Waals surface area contributed by atoms with Gasteiger partial charge in [-0.15, -0.1) is 0 Å². The Morgan fingerprint density at radius 2 is 0.351 bits per heavy atom. The molecule has 0 aromatic carbocycles. The molecule has 3 heterocycles. The Morgan fingerprint density at radius 3 is 0.477 bits per heavy atom. The van der Waals surface area contributed by atoms with Crippen molar-refractivity contribution in [2.75, 3.05) is 323 Å². The van der Waals surface area contributed by atoms with Crippen molar-refractivity contribution in [1.29, 1.82) is 0 Å². The molecule has 0 aromatic heterocycles. The molecule has 630 valence electrons. The summed E-state index contributed by atoms with van der Waals surface area (Å²) in [6.45, 7) is -6.13. The molecule has 3 aliphatic heterocycles. The molecule has 0 radical (unpaired) electrons. The van der Waals surface area contributed by atoms with Crippen LogP contribution in [0, 0.1) is 5.41 Å². The first-order valence-corrected chi connectivity index (χ1v) is 36.3. The maximum Gasteiger partial charge on any atom is 0.317 e. The van der Waals surface area contributed by atoms with Gasteiger partial charge in [0, 0.05) is 210 Å². The highest BCUT2D eigenvalue weighted by molar-refractivity contribution is 5.88. The lowest BCUT2D eigenvalue weighted by atomic mass is 9.86. The molecule has 7 amide bonds. The molecule has 0 atom stereocenters. The third-order valence-electron chi connectivity index (χ3n) is 18.6. The molecule has 3 aliphatic rings. The highest BCUT2D eigenvalue weighted by atomic mass is 16.4. The molecule has 3 fully saturated rings. The Labute approximate surface area is 644 Å². The summed E-state index contributed by atoms with van der Waals surface area (Å²) in [7, 11) is 7.21. The quantitative estimate of drug-likeness (QED) is 0.0271. The van der Waals surface area contributed by atoms with E-state index in [4.69, 9.17) is 0 Å². The minimum Gasteiger partial charge on any atom is -0.480 e. The van der Waals surface area contributed by atoms with Crippen LogP contribution in [-0.4, -0.2) is 543 Å². The van der Waals surface area contributed by atoms with Gasteiger partial charge in [-0.2, -0.15) is 0 Å². The summed E-state index contributed by atoms with van der Waals surface area (Å²) in [6, 6.07) is 0. The standard InChI is InChI=1S/C66H116N20O25/c1-71(2)30-50(87)67-46-66(47-68-51(88)31-72(3)54(91)34-75-6-12-78(37-57(94)95)18-24-84(43-63(106)107)25-19-79(13-7-75)38-58(96)97,48-69-52(89)32-73(4)55(92)35-76-8-14-80(39-59(98)99)20-26-85(44-64(108)109)27-21-81(15-9-76)40-60(100)101)49-70-53(90)33-74(5)56(93)36-77-10-16-82(41-61(102)103)22-28-86(45-65(110)111)29-23-83(17-11-77)42-62(104)105/h6-49H2,1-5H3,(H,67,87)(H,68,88)(H,69,89)(H,70,90)(H,94,95)(H,96,97)(H,98,99)(H,100,101)(H,102,103)(H,104,105)(H,106,107)(H,108,109)(H,110,111). The molecule has 13 N–H and O–H groups in total. The second-order valence-corrected chi connectivity index (χ2v) is 28.5. The Morgan fingerprint density at radius 1 is 0.225 bits per heavy atom. The van der Waals surface area contributed by atoms with Crippen LogP contribution < -0.4 is 21.3 Å². The zero-order valence-electron chi connectivity index (χ0n) is 64.3. The van der Waals surface area contributed by atoms with Crippen LogP contribution in [0.4, 0.5) is 0 Å². The first-order valence-electron chi connectivity index (χ1n) is 36.3. The Hall–Kier alpha value is -9.00. The number of carbonyl (C=O) groups is 16. The van der Waals surface area contributed by atoms with Crippen LogP contribution in [0.2, 0.25) is 0 Å². The number of nitrogens with one attached hydrogen (secondary N) is 4. The fourth-order valence-electron chi connectivity index (χ4n) is 12.2. The van der Waals surface area contributed by atoms with Gasteiger partial charge in [-0.05, 0) is 14.1 Å². The van der Waals surface area contributed by atoms with Crippen molar-refractivity contribution in [2.45, 2.75) is 0 Å². The van der Waals surface area contributed by atoms with Gasteiger partial charge in [0.15, 0.2) is 0 Å². The van der Waals surface area contributed by atoms with Gasteiger partial charge in [0.05, 0.1) is 105 Å². The lowest BCUT2D eigenvalue weighted by Crippen LogP contribution is -2.59. The number of nitrogens with zero attached hydrogens (tertiary/aromatic N) is 16. The highest BCUT2D eigenvalue weighted by Gasteiger charge is 2.35. The maximum atomic E-state index is 14.2. The summed E-state index contributed by atoms with van der Waals surface area (Å²) in [5.41, 5.74) is -1.61. The summed E-state index contributed by atoms with van der Waals surface area (Å²) >= 11 is 0. The minimum atomic E-state index is -1.61. The number of likely N-dealkylation sites (N-methyl/N-ethyl adjacent to an activating group) is 4. The number of carbonyl (C=O) groups excluding carboxylic acids is 7. The summed E-state index contributed by atoms with van der Waals surface area (Å²) in [5, 5.41) is 98.2. The molecule has 45 heteroatoms. The van der Waals surface area contributed by atoms with E-state index in [0.29, 0.717) is 0 Å². The van der Waals surface area contributed by atoms with Gasteiger partial charge in [0.1, 0.15) is 0 Å². The van der Waals surface area contributed by atoms with E-state index in [1.807, 2.05) is 0 Å². The second-order valence-electron chi connectivity index (χ2n) is 28.5. The number of hydrogen-bond acceptors (Lipinski definition) is 29. The van der Waals surface area contributed by atoms with Crippen LogP contribution in [0.1, 0.15) is 0 Å². The fraction of sp³-hybridized carbons (Fsp3) is 0.758. The third kappa shape index (κ3) is 43.4. The average molecular weight is 1590 g/mol. The monoisotopic (exact) mass is 1590 g/mol. The van der Waals surface area contributed by atoms with Gasteiger partial charge in [0.2, 0.25) is 41.4 Å². The molecular weight excluding hydrogens is 1470 g/mol. The van der Waals surface area contributed by atoms with E-state index in [-0.39, 0.29) is 203 Å². The van der Waals surface area contributed by atoms with Crippen molar-refractivity contribution in [2.24, 2.45) is 5.41 Å². The lowest BCUT2D eigenvalue weighted by molar-refractivity contribution is -0.141. The van der Waals surface area contributed by atoms with Gasteiger partial charge in [-0.25, -0.2) is 0 Å².